The SMILES string of the molecule is CCCCCCCCCC(NC)C1C2CCCCC21. The van der Waals surface area contributed by atoms with Crippen LogP contribution in [0.1, 0.15) is 84.0 Å². The van der Waals surface area contributed by atoms with Gasteiger partial charge in [-0.2, -0.15) is 0 Å². The Morgan fingerprint density at radius 2 is 1.47 bits per heavy atom. The summed E-state index contributed by atoms with van der Waals surface area (Å²) >= 11 is 0. The number of rotatable bonds is 10. The van der Waals surface area contributed by atoms with Crippen LogP contribution in [0.15, 0.2) is 0 Å². The second-order valence-electron chi connectivity index (χ2n) is 6.99. The Bertz CT molecular complexity index is 226. The minimum atomic E-state index is 0.837. The number of hydrogen-bond acceptors (Lipinski definition) is 1. The van der Waals surface area contributed by atoms with Gasteiger partial charge in [-0.15, -0.1) is 0 Å². The van der Waals surface area contributed by atoms with E-state index >= 15 is 0 Å². The Morgan fingerprint density at radius 1 is 0.895 bits per heavy atom. The van der Waals surface area contributed by atoms with Gasteiger partial charge < -0.3 is 5.32 Å². The Balaban J connectivity index is 1.54. The van der Waals surface area contributed by atoms with Crippen LogP contribution in [0.5, 0.6) is 0 Å². The van der Waals surface area contributed by atoms with E-state index in [1.54, 1.807) is 0 Å². The van der Waals surface area contributed by atoms with Crippen LogP contribution >= 0.6 is 0 Å². The van der Waals surface area contributed by atoms with Crippen LogP contribution in [0.3, 0.4) is 0 Å². The molecule has 1 heteroatoms. The van der Waals surface area contributed by atoms with Gasteiger partial charge in [0.1, 0.15) is 0 Å². The molecule has 2 aliphatic rings. The molecule has 2 rings (SSSR count). The maximum atomic E-state index is 3.63. The van der Waals surface area contributed by atoms with Crippen molar-refractivity contribution < 1.29 is 0 Å². The highest BCUT2D eigenvalue weighted by atomic mass is 14.9. The lowest BCUT2D eigenvalue weighted by molar-refractivity contribution is 0.413. The number of fused-ring (bicyclic) bond motifs is 1. The van der Waals surface area contributed by atoms with E-state index in [2.05, 4.69) is 19.3 Å². The first-order valence-corrected chi connectivity index (χ1v) is 9.05. The minimum absolute atomic E-state index is 0.837. The molecule has 0 heterocycles. The maximum absolute atomic E-state index is 3.63. The highest BCUT2D eigenvalue weighted by Crippen LogP contribution is 2.57. The van der Waals surface area contributed by atoms with Crippen molar-refractivity contribution >= 4 is 0 Å². The van der Waals surface area contributed by atoms with E-state index in [1.165, 1.54) is 77.0 Å². The van der Waals surface area contributed by atoms with Crippen LogP contribution in [0.4, 0.5) is 0 Å². The van der Waals surface area contributed by atoms with Crippen LogP contribution in [-0.4, -0.2) is 13.1 Å². The number of unbranched alkanes of at least 4 members (excludes halogenated alkanes) is 6. The van der Waals surface area contributed by atoms with E-state index in [0.29, 0.717) is 0 Å². The second kappa shape index (κ2) is 8.29. The lowest BCUT2D eigenvalue weighted by atomic mass is 10.0. The van der Waals surface area contributed by atoms with Gasteiger partial charge in [0.25, 0.3) is 0 Å². The molecule has 19 heavy (non-hydrogen) atoms. The van der Waals surface area contributed by atoms with Crippen molar-refractivity contribution in [3.63, 3.8) is 0 Å². The maximum Gasteiger partial charge on any atom is 0.00978 e. The zero-order valence-electron chi connectivity index (χ0n) is 13.3. The largest absolute Gasteiger partial charge is 0.317 e. The molecule has 2 fully saturated rings. The van der Waals surface area contributed by atoms with Gasteiger partial charge in [0.2, 0.25) is 0 Å². The molecule has 0 aliphatic heterocycles. The molecule has 0 bridgehead atoms. The average molecular weight is 265 g/mol. The average Bonchev–Trinajstić information content (AvgIpc) is 3.16. The Morgan fingerprint density at radius 3 is 2.05 bits per heavy atom. The summed E-state index contributed by atoms with van der Waals surface area (Å²) in [4.78, 5) is 0. The van der Waals surface area contributed by atoms with E-state index < -0.39 is 0 Å². The zero-order valence-corrected chi connectivity index (χ0v) is 13.3. The molecule has 2 saturated carbocycles. The predicted octanol–water partition coefficient (Wildman–Crippen LogP) is 5.15. The third-order valence-corrected chi connectivity index (χ3v) is 5.68. The summed E-state index contributed by atoms with van der Waals surface area (Å²) in [7, 11) is 2.19. The third kappa shape index (κ3) is 4.48. The summed E-state index contributed by atoms with van der Waals surface area (Å²) in [6, 6.07) is 0.837. The standard InChI is InChI=1S/C18H35N/c1-3-4-5-6-7-8-9-14-17(19-2)18-15-12-10-11-13-16(15)18/h15-19H,3-14H2,1-2H3. The van der Waals surface area contributed by atoms with Crippen molar-refractivity contribution in [2.24, 2.45) is 17.8 Å². The quantitative estimate of drug-likeness (QED) is 0.539. The monoisotopic (exact) mass is 265 g/mol. The fourth-order valence-corrected chi connectivity index (χ4v) is 4.50. The zero-order chi connectivity index (χ0) is 13.5. The molecule has 0 amide bonds. The third-order valence-electron chi connectivity index (χ3n) is 5.68. The van der Waals surface area contributed by atoms with Crippen LogP contribution in [0.2, 0.25) is 0 Å². The molecule has 3 atom stereocenters. The highest BCUT2D eigenvalue weighted by molar-refractivity contribution is 5.04. The molecule has 1 N–H and O–H groups in total. The lowest BCUT2D eigenvalue weighted by Gasteiger charge is -2.16. The fraction of sp³-hybridized carbons (Fsp3) is 1.00. The van der Waals surface area contributed by atoms with Crippen molar-refractivity contribution in [1.82, 2.24) is 5.32 Å². The van der Waals surface area contributed by atoms with E-state index in [1.807, 2.05) is 0 Å². The lowest BCUT2D eigenvalue weighted by Crippen LogP contribution is -2.28. The van der Waals surface area contributed by atoms with E-state index in [-0.39, 0.29) is 0 Å². The summed E-state index contributed by atoms with van der Waals surface area (Å²) in [5, 5.41) is 3.63. The summed E-state index contributed by atoms with van der Waals surface area (Å²) in [5.74, 6) is 3.26. The molecule has 0 aromatic rings. The molecule has 0 aromatic carbocycles. The topological polar surface area (TPSA) is 12.0 Å². The summed E-state index contributed by atoms with van der Waals surface area (Å²) < 4.78 is 0. The molecular weight excluding hydrogens is 230 g/mol. The molecular formula is C18H35N. The molecule has 0 saturated heterocycles. The first kappa shape index (κ1) is 15.4. The van der Waals surface area contributed by atoms with E-state index in [0.717, 1.165) is 23.8 Å². The van der Waals surface area contributed by atoms with Crippen molar-refractivity contribution in [3.8, 4) is 0 Å². The first-order valence-electron chi connectivity index (χ1n) is 9.05. The Hall–Kier alpha value is -0.0400. The summed E-state index contributed by atoms with van der Waals surface area (Å²) in [6.07, 6.45) is 17.6. The van der Waals surface area contributed by atoms with Gasteiger partial charge in [0.05, 0.1) is 0 Å². The van der Waals surface area contributed by atoms with Crippen LogP contribution in [-0.2, 0) is 0 Å². The summed E-state index contributed by atoms with van der Waals surface area (Å²) in [6.45, 7) is 2.30. The normalized spacial score (nSPS) is 30.9. The smallest absolute Gasteiger partial charge is 0.00978 e. The molecule has 3 unspecified atom stereocenters. The van der Waals surface area contributed by atoms with Gasteiger partial charge in [-0.05, 0) is 44.1 Å². The minimum Gasteiger partial charge on any atom is -0.317 e. The second-order valence-corrected chi connectivity index (χ2v) is 6.99. The summed E-state index contributed by atoms with van der Waals surface area (Å²) in [5.41, 5.74) is 0. The van der Waals surface area contributed by atoms with Gasteiger partial charge >= 0.3 is 0 Å². The first-order chi connectivity index (χ1) is 9.38. The Kier molecular flexibility index (Phi) is 6.70. The van der Waals surface area contributed by atoms with Crippen LogP contribution in [0, 0.1) is 17.8 Å². The van der Waals surface area contributed by atoms with Crippen LogP contribution in [0.25, 0.3) is 0 Å². The van der Waals surface area contributed by atoms with Gasteiger partial charge in [0, 0.05) is 6.04 Å². The highest BCUT2D eigenvalue weighted by Gasteiger charge is 2.53. The van der Waals surface area contributed by atoms with Crippen LogP contribution < -0.4 is 5.32 Å². The van der Waals surface area contributed by atoms with Gasteiger partial charge in [-0.25, -0.2) is 0 Å². The van der Waals surface area contributed by atoms with Crippen molar-refractivity contribution in [3.05, 3.63) is 0 Å². The number of hydrogen-bond donors (Lipinski definition) is 1. The fourth-order valence-electron chi connectivity index (χ4n) is 4.50. The molecule has 0 aromatic heterocycles. The predicted molar refractivity (Wildman–Crippen MR) is 84.4 cm³/mol. The molecule has 0 spiro atoms. The van der Waals surface area contributed by atoms with Crippen molar-refractivity contribution in [2.75, 3.05) is 7.05 Å². The van der Waals surface area contributed by atoms with Crippen molar-refractivity contribution in [1.29, 1.82) is 0 Å². The van der Waals surface area contributed by atoms with Gasteiger partial charge in [-0.3, -0.25) is 0 Å². The van der Waals surface area contributed by atoms with E-state index in [4.69, 9.17) is 0 Å². The number of nitrogens with one attached hydrogen (secondary N) is 1. The molecule has 1 nitrogen and oxygen atoms in total. The molecule has 112 valence electrons. The molecule has 0 radical (unpaired) electrons. The van der Waals surface area contributed by atoms with Crippen molar-refractivity contribution in [2.45, 2.75) is 90.0 Å². The molecule has 2 aliphatic carbocycles. The van der Waals surface area contributed by atoms with Gasteiger partial charge in [0.15, 0.2) is 0 Å². The van der Waals surface area contributed by atoms with E-state index in [9.17, 15) is 0 Å². The van der Waals surface area contributed by atoms with Gasteiger partial charge in [-0.1, -0.05) is 64.7 Å². The Labute approximate surface area is 120 Å².